The molecule has 0 saturated carbocycles. The van der Waals surface area contributed by atoms with Crippen molar-refractivity contribution >= 4 is 13.3 Å². The van der Waals surface area contributed by atoms with Crippen molar-refractivity contribution in [2.75, 3.05) is 12.7 Å². The van der Waals surface area contributed by atoms with Crippen LogP contribution in [0.15, 0.2) is 24.3 Å². The molecular weight excluding hydrogens is 281 g/mol. The zero-order valence-electron chi connectivity index (χ0n) is 11.1. The number of hydrogen-bond acceptors (Lipinski definition) is 4. The van der Waals surface area contributed by atoms with Gasteiger partial charge in [-0.2, -0.15) is 0 Å². The first-order valence-electron chi connectivity index (χ1n) is 6.37. The minimum atomic E-state index is -3.69. The first-order valence-corrected chi connectivity index (χ1v) is 8.28. The zero-order chi connectivity index (χ0) is 15.2. The number of carboxylic acid groups (broad SMARTS) is 1. The Morgan fingerprint density at radius 2 is 1.90 bits per heavy atom. The van der Waals surface area contributed by atoms with Gasteiger partial charge in [-0.15, -0.1) is 0 Å². The fourth-order valence-corrected chi connectivity index (χ4v) is 3.30. The highest BCUT2D eigenvalue weighted by molar-refractivity contribution is 7.58. The van der Waals surface area contributed by atoms with E-state index in [4.69, 9.17) is 10.8 Å². The van der Waals surface area contributed by atoms with E-state index in [0.29, 0.717) is 24.9 Å². The number of hydrogen-bond donors (Lipinski definition) is 4. The van der Waals surface area contributed by atoms with Crippen molar-refractivity contribution in [2.24, 2.45) is 5.73 Å². The molecule has 1 aromatic carbocycles. The largest absolute Gasteiger partial charge is 0.481 e. The van der Waals surface area contributed by atoms with Gasteiger partial charge in [-0.3, -0.25) is 9.36 Å². The van der Waals surface area contributed by atoms with Crippen molar-refractivity contribution in [2.45, 2.75) is 25.1 Å². The van der Waals surface area contributed by atoms with Crippen molar-refractivity contribution in [1.29, 1.82) is 0 Å². The molecule has 112 valence electrons. The number of nitrogens with two attached hydrogens (primary N) is 1. The molecule has 0 heterocycles. The monoisotopic (exact) mass is 301 g/mol. The maximum atomic E-state index is 11.9. The van der Waals surface area contributed by atoms with Gasteiger partial charge >= 0.3 is 5.97 Å². The number of rotatable bonds is 8. The van der Waals surface area contributed by atoms with Crippen LogP contribution in [-0.2, 0) is 15.8 Å². The normalized spacial score (nSPS) is 15.6. The average molecular weight is 301 g/mol. The van der Waals surface area contributed by atoms with Gasteiger partial charge in [0.05, 0.1) is 0 Å². The molecule has 0 radical (unpaired) electrons. The number of aryl methyl sites for hydroxylation is 1. The minimum absolute atomic E-state index is 0.0224. The Morgan fingerprint density at radius 1 is 1.30 bits per heavy atom. The fraction of sp³-hybridized carbons (Fsp3) is 0.462. The van der Waals surface area contributed by atoms with Crippen LogP contribution in [0.1, 0.15) is 29.8 Å². The molecule has 0 aliphatic rings. The lowest BCUT2D eigenvalue weighted by Crippen LogP contribution is -2.07. The van der Waals surface area contributed by atoms with E-state index >= 15 is 0 Å². The Labute approximate surface area is 117 Å². The molecule has 0 aliphatic heterocycles. The second kappa shape index (κ2) is 7.55. The molecule has 0 aromatic heterocycles. The second-order valence-corrected chi connectivity index (χ2v) is 7.08. The fourth-order valence-electron chi connectivity index (χ4n) is 1.78. The Kier molecular flexibility index (Phi) is 6.36. The van der Waals surface area contributed by atoms with E-state index in [2.05, 4.69) is 0 Å². The molecule has 7 heteroatoms. The Balaban J connectivity index is 2.72. The molecule has 0 amide bonds. The van der Waals surface area contributed by atoms with Gasteiger partial charge in [0.2, 0.25) is 7.37 Å². The summed E-state index contributed by atoms with van der Waals surface area (Å²) in [5.74, 6) is -2.31. The molecule has 2 unspecified atom stereocenters. The smallest absolute Gasteiger partial charge is 0.303 e. The summed E-state index contributed by atoms with van der Waals surface area (Å²) < 4.78 is 11.9. The summed E-state index contributed by atoms with van der Waals surface area (Å²) in [7, 11) is -3.69. The Hall–Kier alpha value is -1.20. The quantitative estimate of drug-likeness (QED) is 0.537. The molecule has 1 aromatic rings. The molecule has 0 bridgehead atoms. The molecule has 6 nitrogen and oxygen atoms in total. The van der Waals surface area contributed by atoms with Crippen LogP contribution < -0.4 is 5.73 Å². The van der Waals surface area contributed by atoms with Gasteiger partial charge in [-0.1, -0.05) is 24.3 Å². The van der Waals surface area contributed by atoms with E-state index in [1.165, 1.54) is 0 Å². The molecule has 0 fully saturated rings. The number of benzene rings is 1. The van der Waals surface area contributed by atoms with Crippen LogP contribution in [0.25, 0.3) is 0 Å². The minimum Gasteiger partial charge on any atom is -0.481 e. The van der Waals surface area contributed by atoms with Crippen LogP contribution in [0.2, 0.25) is 0 Å². The predicted molar refractivity (Wildman–Crippen MR) is 75.7 cm³/mol. The second-order valence-electron chi connectivity index (χ2n) is 4.63. The summed E-state index contributed by atoms with van der Waals surface area (Å²) >= 11 is 0. The molecule has 1 rings (SSSR count). The van der Waals surface area contributed by atoms with Gasteiger partial charge in [0, 0.05) is 12.6 Å². The number of aliphatic hydroxyl groups is 1. The molecular formula is C13H20NO5P. The topological polar surface area (TPSA) is 121 Å². The number of carbonyl (C=O) groups is 1. The third-order valence-electron chi connectivity index (χ3n) is 2.97. The van der Waals surface area contributed by atoms with Gasteiger partial charge < -0.3 is 20.8 Å². The van der Waals surface area contributed by atoms with E-state index in [9.17, 15) is 19.4 Å². The van der Waals surface area contributed by atoms with E-state index in [1.807, 2.05) is 0 Å². The van der Waals surface area contributed by atoms with Crippen molar-refractivity contribution in [3.8, 4) is 0 Å². The summed E-state index contributed by atoms with van der Waals surface area (Å²) in [6.45, 7) is 0.297. The van der Waals surface area contributed by atoms with Crippen LogP contribution in [-0.4, -0.2) is 33.8 Å². The van der Waals surface area contributed by atoms with Crippen molar-refractivity contribution < 1.29 is 24.5 Å². The first-order chi connectivity index (χ1) is 9.36. The summed E-state index contributed by atoms with van der Waals surface area (Å²) in [6.07, 6.45) is 0.763. The lowest BCUT2D eigenvalue weighted by molar-refractivity contribution is -0.136. The molecule has 2 atom stereocenters. The highest BCUT2D eigenvalue weighted by Crippen LogP contribution is 2.54. The van der Waals surface area contributed by atoms with Crippen molar-refractivity contribution in [3.63, 3.8) is 0 Å². The maximum absolute atomic E-state index is 11.9. The SMILES string of the molecule is NCCCP(=O)(O)C(O)c1ccc(CCC(=O)O)cc1. The highest BCUT2D eigenvalue weighted by atomic mass is 31.2. The molecule has 5 N–H and O–H groups in total. The summed E-state index contributed by atoms with van der Waals surface area (Å²) in [5.41, 5.74) is 6.45. The summed E-state index contributed by atoms with van der Waals surface area (Å²) in [6, 6.07) is 6.41. The van der Waals surface area contributed by atoms with Gasteiger partial charge in [-0.05, 0) is 30.5 Å². The van der Waals surface area contributed by atoms with Crippen LogP contribution in [0, 0.1) is 0 Å². The Bertz CT molecular complexity index is 488. The number of carboxylic acids is 1. The third-order valence-corrected chi connectivity index (χ3v) is 4.99. The predicted octanol–water partition coefficient (Wildman–Crippen LogP) is 1.31. The standard InChI is InChI=1S/C13H20NO5P/c14-8-1-9-20(18,19)13(17)11-5-2-10(3-6-11)4-7-12(15)16/h2-3,5-6,13,17H,1,4,7-9,14H2,(H,15,16)(H,18,19). The van der Waals surface area contributed by atoms with Crippen molar-refractivity contribution in [3.05, 3.63) is 35.4 Å². The van der Waals surface area contributed by atoms with Crippen LogP contribution in [0.3, 0.4) is 0 Å². The maximum Gasteiger partial charge on any atom is 0.303 e. The van der Waals surface area contributed by atoms with Gasteiger partial charge in [-0.25, -0.2) is 0 Å². The number of aliphatic hydroxyl groups excluding tert-OH is 1. The van der Waals surface area contributed by atoms with E-state index in [1.54, 1.807) is 24.3 Å². The molecule has 20 heavy (non-hydrogen) atoms. The van der Waals surface area contributed by atoms with Crippen LogP contribution in [0.4, 0.5) is 0 Å². The summed E-state index contributed by atoms with van der Waals surface area (Å²) in [5, 5.41) is 18.5. The highest BCUT2D eigenvalue weighted by Gasteiger charge is 2.29. The lowest BCUT2D eigenvalue weighted by atomic mass is 10.1. The average Bonchev–Trinajstić information content (AvgIpc) is 2.42. The van der Waals surface area contributed by atoms with E-state index < -0.39 is 19.2 Å². The third kappa shape index (κ3) is 5.06. The van der Waals surface area contributed by atoms with Gasteiger partial charge in [0.25, 0.3) is 0 Å². The van der Waals surface area contributed by atoms with E-state index in [0.717, 1.165) is 5.56 Å². The van der Waals surface area contributed by atoms with Crippen LogP contribution >= 0.6 is 7.37 Å². The molecule has 0 spiro atoms. The van der Waals surface area contributed by atoms with Crippen molar-refractivity contribution in [1.82, 2.24) is 0 Å². The zero-order valence-corrected chi connectivity index (χ0v) is 12.0. The lowest BCUT2D eigenvalue weighted by Gasteiger charge is -2.18. The summed E-state index contributed by atoms with van der Waals surface area (Å²) in [4.78, 5) is 20.2. The molecule has 0 aliphatic carbocycles. The van der Waals surface area contributed by atoms with Gasteiger partial charge in [0.1, 0.15) is 0 Å². The van der Waals surface area contributed by atoms with Crippen LogP contribution in [0.5, 0.6) is 0 Å². The van der Waals surface area contributed by atoms with E-state index in [-0.39, 0.29) is 12.6 Å². The molecule has 0 saturated heterocycles. The first kappa shape index (κ1) is 16.9. The van der Waals surface area contributed by atoms with Gasteiger partial charge in [0.15, 0.2) is 5.85 Å². The Morgan fingerprint density at radius 3 is 2.40 bits per heavy atom. The number of aliphatic carboxylic acids is 1.